The van der Waals surface area contributed by atoms with E-state index in [4.69, 9.17) is 4.74 Å². The molecule has 0 saturated carbocycles. The third-order valence-electron chi connectivity index (χ3n) is 5.56. The van der Waals surface area contributed by atoms with Crippen LogP contribution in [0.3, 0.4) is 0 Å². The Bertz CT molecular complexity index is 956. The minimum Gasteiger partial charge on any atom is -0.872 e. The maximum absolute atomic E-state index is 13.5. The van der Waals surface area contributed by atoms with E-state index in [1.807, 2.05) is 0 Å². The van der Waals surface area contributed by atoms with Crippen LogP contribution in [0.5, 0.6) is 0 Å². The number of likely N-dealkylation sites (tertiary alicyclic amines) is 1. The first kappa shape index (κ1) is 20.2. The molecule has 1 atom stereocenters. The fourth-order valence-corrected chi connectivity index (χ4v) is 3.94. The molecule has 2 fully saturated rings. The molecule has 4 rings (SSSR count). The third-order valence-corrected chi connectivity index (χ3v) is 5.56. The Morgan fingerprint density at radius 2 is 1.80 bits per heavy atom. The number of aromatic nitrogens is 1. The summed E-state index contributed by atoms with van der Waals surface area (Å²) in [7, 11) is 0. The summed E-state index contributed by atoms with van der Waals surface area (Å²) in [5, 5.41) is 13.1. The van der Waals surface area contributed by atoms with E-state index in [2.05, 4.69) is 4.98 Å². The Balaban J connectivity index is 1.72. The van der Waals surface area contributed by atoms with Gasteiger partial charge in [-0.2, -0.15) is 0 Å². The minimum absolute atomic E-state index is 0.102. The van der Waals surface area contributed by atoms with Crippen molar-refractivity contribution in [2.75, 3.05) is 39.4 Å². The van der Waals surface area contributed by atoms with Crippen LogP contribution < -0.4 is 10.0 Å². The van der Waals surface area contributed by atoms with Crippen molar-refractivity contribution >= 4 is 17.4 Å². The molecule has 1 amide bonds. The molecule has 0 aliphatic carbocycles. The van der Waals surface area contributed by atoms with Gasteiger partial charge in [0.25, 0.3) is 5.91 Å². The fraction of sp³-hybridized carbons (Fsp3) is 0.318. The highest BCUT2D eigenvalue weighted by molar-refractivity contribution is 6.46. The van der Waals surface area contributed by atoms with Crippen molar-refractivity contribution < 1.29 is 28.7 Å². The van der Waals surface area contributed by atoms with Crippen molar-refractivity contribution in [2.24, 2.45) is 0 Å². The second-order valence-corrected chi connectivity index (χ2v) is 7.37. The number of carbonyl (C=O) groups is 2. The third kappa shape index (κ3) is 3.96. The SMILES string of the molecule is O=C1C(=O)N(CC[NH+]2CCOCC2)C(c2ccc(F)cc2)C1=C([O-])c1ccncc1. The highest BCUT2D eigenvalue weighted by Crippen LogP contribution is 2.38. The zero-order valence-corrected chi connectivity index (χ0v) is 16.3. The molecule has 3 heterocycles. The Labute approximate surface area is 173 Å². The number of nitrogens with one attached hydrogen (secondary N) is 1. The first-order valence-electron chi connectivity index (χ1n) is 9.90. The predicted molar refractivity (Wildman–Crippen MR) is 103 cm³/mol. The molecule has 0 spiro atoms. The van der Waals surface area contributed by atoms with Gasteiger partial charge >= 0.3 is 0 Å². The molecule has 0 radical (unpaired) electrons. The molecular weight excluding hydrogens is 389 g/mol. The van der Waals surface area contributed by atoms with Crippen molar-refractivity contribution in [1.29, 1.82) is 0 Å². The number of morpholine rings is 1. The quantitative estimate of drug-likeness (QED) is 0.402. The van der Waals surface area contributed by atoms with Gasteiger partial charge in [0.05, 0.1) is 32.3 Å². The molecule has 1 N–H and O–H groups in total. The maximum atomic E-state index is 13.5. The fourth-order valence-electron chi connectivity index (χ4n) is 3.94. The summed E-state index contributed by atoms with van der Waals surface area (Å²) in [5.41, 5.74) is 0.716. The molecule has 1 aromatic carbocycles. The number of hydrogen-bond donors (Lipinski definition) is 1. The molecule has 2 aromatic rings. The Morgan fingerprint density at radius 1 is 1.13 bits per heavy atom. The number of ketones is 1. The van der Waals surface area contributed by atoms with Crippen molar-refractivity contribution in [3.63, 3.8) is 0 Å². The highest BCUT2D eigenvalue weighted by Gasteiger charge is 2.44. The molecule has 0 bridgehead atoms. The molecular formula is C22H22FN3O4. The van der Waals surface area contributed by atoms with E-state index in [0.717, 1.165) is 13.1 Å². The number of ether oxygens (including phenoxy) is 1. The Hall–Kier alpha value is -3.10. The lowest BCUT2D eigenvalue weighted by Gasteiger charge is -2.30. The average Bonchev–Trinajstić information content (AvgIpc) is 3.04. The van der Waals surface area contributed by atoms with Gasteiger partial charge in [-0.1, -0.05) is 17.9 Å². The van der Waals surface area contributed by atoms with Crippen molar-refractivity contribution in [3.8, 4) is 0 Å². The summed E-state index contributed by atoms with van der Waals surface area (Å²) in [6.07, 6.45) is 2.92. The van der Waals surface area contributed by atoms with Crippen LogP contribution in [0.25, 0.3) is 5.76 Å². The summed E-state index contributed by atoms with van der Waals surface area (Å²) in [4.78, 5) is 32.3. The number of hydrogen-bond acceptors (Lipinski definition) is 5. The van der Waals surface area contributed by atoms with Gasteiger partial charge in [0.1, 0.15) is 18.9 Å². The van der Waals surface area contributed by atoms with Crippen LogP contribution in [0.15, 0.2) is 54.4 Å². The van der Waals surface area contributed by atoms with Gasteiger partial charge in [-0.15, -0.1) is 0 Å². The van der Waals surface area contributed by atoms with Crippen molar-refractivity contribution in [3.05, 3.63) is 71.3 Å². The van der Waals surface area contributed by atoms with Gasteiger partial charge in [0.2, 0.25) is 5.78 Å². The van der Waals surface area contributed by atoms with Crippen molar-refractivity contribution in [1.82, 2.24) is 9.88 Å². The summed E-state index contributed by atoms with van der Waals surface area (Å²) in [6.45, 7) is 3.91. The summed E-state index contributed by atoms with van der Waals surface area (Å²) in [6, 6.07) is 7.74. The molecule has 7 nitrogen and oxygen atoms in total. The number of benzene rings is 1. The average molecular weight is 411 g/mol. The summed E-state index contributed by atoms with van der Waals surface area (Å²) in [5.74, 6) is -2.44. The van der Waals surface area contributed by atoms with E-state index in [1.54, 1.807) is 0 Å². The standard InChI is InChI=1S/C22H22FN3O4/c23-17-3-1-15(2-4-17)19-18(20(27)16-5-7-24-8-6-16)21(28)22(29)26(19)10-9-25-11-13-30-14-12-25/h1-8,19,27H,9-14H2. The second kappa shape index (κ2) is 8.73. The Morgan fingerprint density at radius 3 is 2.47 bits per heavy atom. The van der Waals surface area contributed by atoms with E-state index in [9.17, 15) is 19.1 Å². The van der Waals surface area contributed by atoms with Crippen LogP contribution >= 0.6 is 0 Å². The van der Waals surface area contributed by atoms with E-state index < -0.39 is 29.3 Å². The minimum atomic E-state index is -0.841. The van der Waals surface area contributed by atoms with E-state index in [0.29, 0.717) is 31.9 Å². The van der Waals surface area contributed by atoms with E-state index in [1.165, 1.54) is 58.6 Å². The number of pyridine rings is 1. The highest BCUT2D eigenvalue weighted by atomic mass is 19.1. The van der Waals surface area contributed by atoms with Crippen LogP contribution in [0.1, 0.15) is 17.2 Å². The number of carbonyl (C=O) groups excluding carboxylic acids is 2. The van der Waals surface area contributed by atoms with Crippen LogP contribution in [-0.2, 0) is 14.3 Å². The lowest BCUT2D eigenvalue weighted by Crippen LogP contribution is -3.14. The molecule has 30 heavy (non-hydrogen) atoms. The van der Waals surface area contributed by atoms with Crippen molar-refractivity contribution in [2.45, 2.75) is 6.04 Å². The summed E-state index contributed by atoms with van der Waals surface area (Å²) >= 11 is 0. The largest absolute Gasteiger partial charge is 0.872 e. The summed E-state index contributed by atoms with van der Waals surface area (Å²) < 4.78 is 18.9. The first-order valence-corrected chi connectivity index (χ1v) is 9.90. The van der Waals surface area contributed by atoms with E-state index in [-0.39, 0.29) is 11.1 Å². The lowest BCUT2D eigenvalue weighted by molar-refractivity contribution is -0.907. The van der Waals surface area contributed by atoms with Gasteiger partial charge < -0.3 is 19.6 Å². The predicted octanol–water partition coefficient (Wildman–Crippen LogP) is -0.640. The van der Waals surface area contributed by atoms with Gasteiger partial charge in [-0.05, 0) is 35.4 Å². The molecule has 1 aromatic heterocycles. The molecule has 2 saturated heterocycles. The van der Waals surface area contributed by atoms with Crippen LogP contribution in [0, 0.1) is 5.82 Å². The first-order chi connectivity index (χ1) is 14.6. The van der Waals surface area contributed by atoms with Gasteiger partial charge in [-0.3, -0.25) is 14.6 Å². The zero-order chi connectivity index (χ0) is 21.1. The Kier molecular flexibility index (Phi) is 5.87. The maximum Gasteiger partial charge on any atom is 0.295 e. The zero-order valence-electron chi connectivity index (χ0n) is 16.3. The topological polar surface area (TPSA) is 87.0 Å². The number of rotatable bonds is 5. The number of halogens is 1. The molecule has 156 valence electrons. The smallest absolute Gasteiger partial charge is 0.295 e. The lowest BCUT2D eigenvalue weighted by atomic mass is 9.95. The number of nitrogens with zero attached hydrogens (tertiary/aromatic N) is 2. The number of Topliss-reactive ketones (excluding diaryl/α,β-unsaturated/α-hetero) is 1. The number of quaternary nitrogens is 1. The van der Waals surface area contributed by atoms with Gasteiger partial charge in [-0.25, -0.2) is 4.39 Å². The molecule has 8 heteroatoms. The van der Waals surface area contributed by atoms with Gasteiger partial charge in [0.15, 0.2) is 0 Å². The second-order valence-electron chi connectivity index (χ2n) is 7.37. The molecule has 1 unspecified atom stereocenters. The normalized spacial score (nSPS) is 21.9. The molecule has 2 aliphatic rings. The van der Waals surface area contributed by atoms with Crippen LogP contribution in [0.4, 0.5) is 4.39 Å². The number of amides is 1. The van der Waals surface area contributed by atoms with Crippen LogP contribution in [-0.4, -0.2) is 61.0 Å². The monoisotopic (exact) mass is 411 g/mol. The van der Waals surface area contributed by atoms with Gasteiger partial charge in [0, 0.05) is 18.0 Å². The molecule has 2 aliphatic heterocycles. The van der Waals surface area contributed by atoms with E-state index >= 15 is 0 Å². The van der Waals surface area contributed by atoms with Crippen LogP contribution in [0.2, 0.25) is 0 Å².